The van der Waals surface area contributed by atoms with Gasteiger partial charge in [0.15, 0.2) is 0 Å². The maximum absolute atomic E-state index is 9.26. The quantitative estimate of drug-likeness (QED) is 0.545. The second-order valence-corrected chi connectivity index (χ2v) is 2.10. The van der Waals surface area contributed by atoms with Crippen LogP contribution in [0.1, 0.15) is 18.2 Å². The summed E-state index contributed by atoms with van der Waals surface area (Å²) in [7, 11) is 0. The van der Waals surface area contributed by atoms with Gasteiger partial charge in [-0.2, -0.15) is 0 Å². The molecule has 4 heteroatoms. The molecule has 1 heterocycles. The highest BCUT2D eigenvalue weighted by Gasteiger charge is 2.05. The van der Waals surface area contributed by atoms with Gasteiger partial charge in [0.05, 0.1) is 24.3 Å². The lowest BCUT2D eigenvalue weighted by Crippen LogP contribution is -2.06. The van der Waals surface area contributed by atoms with Gasteiger partial charge in [-0.25, -0.2) is 4.98 Å². The predicted octanol–water partition coefficient (Wildman–Crippen LogP) is -0.208. The van der Waals surface area contributed by atoms with Crippen LogP contribution in [0.5, 0.6) is 0 Å². The molecule has 56 valence electrons. The number of aromatic amines is 1. The Labute approximate surface area is 59.1 Å². The van der Waals surface area contributed by atoms with Crippen LogP contribution in [0.2, 0.25) is 0 Å². The molecule has 0 spiro atoms. The molecule has 1 rings (SSSR count). The van der Waals surface area contributed by atoms with Crippen molar-refractivity contribution >= 4 is 0 Å². The van der Waals surface area contributed by atoms with Gasteiger partial charge in [-0.3, -0.25) is 0 Å². The number of nitrogens with two attached hydrogens (primary N) is 1. The van der Waals surface area contributed by atoms with Crippen molar-refractivity contribution in [3.8, 4) is 0 Å². The van der Waals surface area contributed by atoms with E-state index in [9.17, 15) is 5.11 Å². The monoisotopic (exact) mass is 141 g/mol. The van der Waals surface area contributed by atoms with Crippen LogP contribution in [0.3, 0.4) is 0 Å². The molecule has 0 aliphatic rings. The first kappa shape index (κ1) is 7.24. The Hall–Kier alpha value is -0.870. The summed E-state index contributed by atoms with van der Waals surface area (Å²) < 4.78 is 0. The van der Waals surface area contributed by atoms with Gasteiger partial charge >= 0.3 is 0 Å². The molecule has 1 atom stereocenters. The van der Waals surface area contributed by atoms with Crippen LogP contribution in [0.4, 0.5) is 0 Å². The molecular weight excluding hydrogens is 130 g/mol. The summed E-state index contributed by atoms with van der Waals surface area (Å²) >= 11 is 0. The number of nitrogens with zero attached hydrogens (tertiary/aromatic N) is 1. The second kappa shape index (κ2) is 3.34. The zero-order chi connectivity index (χ0) is 7.40. The highest BCUT2D eigenvalue weighted by atomic mass is 16.3. The zero-order valence-corrected chi connectivity index (χ0v) is 5.62. The fourth-order valence-corrected chi connectivity index (χ4v) is 0.762. The van der Waals surface area contributed by atoms with E-state index < -0.39 is 6.10 Å². The minimum Gasteiger partial charge on any atom is -0.387 e. The maximum Gasteiger partial charge on any atom is 0.0965 e. The van der Waals surface area contributed by atoms with Gasteiger partial charge in [0.25, 0.3) is 0 Å². The van der Waals surface area contributed by atoms with Gasteiger partial charge in [-0.05, 0) is 13.0 Å². The van der Waals surface area contributed by atoms with Gasteiger partial charge in [0.1, 0.15) is 0 Å². The summed E-state index contributed by atoms with van der Waals surface area (Å²) in [5.74, 6) is 0. The molecule has 0 saturated heterocycles. The van der Waals surface area contributed by atoms with Gasteiger partial charge in [0.2, 0.25) is 0 Å². The minimum atomic E-state index is -0.493. The standard InChI is InChI=1S/C6H11N3O/c7-2-1-6(10)5-3-8-4-9-5/h3-4,6,10H,1-2,7H2,(H,8,9). The highest BCUT2D eigenvalue weighted by Crippen LogP contribution is 2.10. The van der Waals surface area contributed by atoms with E-state index in [0.717, 1.165) is 5.69 Å². The molecule has 0 bridgehead atoms. The Kier molecular flexibility index (Phi) is 2.42. The molecule has 0 aliphatic carbocycles. The van der Waals surface area contributed by atoms with E-state index in [2.05, 4.69) is 9.97 Å². The third-order valence-electron chi connectivity index (χ3n) is 1.32. The molecule has 1 unspecified atom stereocenters. The number of aromatic nitrogens is 2. The number of rotatable bonds is 3. The molecule has 0 aromatic carbocycles. The van der Waals surface area contributed by atoms with E-state index in [1.165, 1.54) is 6.33 Å². The summed E-state index contributed by atoms with van der Waals surface area (Å²) in [6, 6.07) is 0. The number of hydrogen-bond acceptors (Lipinski definition) is 3. The van der Waals surface area contributed by atoms with E-state index in [1.54, 1.807) is 6.20 Å². The van der Waals surface area contributed by atoms with E-state index in [-0.39, 0.29) is 0 Å². The first-order chi connectivity index (χ1) is 4.84. The highest BCUT2D eigenvalue weighted by molar-refractivity contribution is 4.98. The lowest BCUT2D eigenvalue weighted by atomic mass is 10.2. The first-order valence-corrected chi connectivity index (χ1v) is 3.21. The van der Waals surface area contributed by atoms with Crippen molar-refractivity contribution < 1.29 is 5.11 Å². The zero-order valence-electron chi connectivity index (χ0n) is 5.62. The average molecular weight is 141 g/mol. The van der Waals surface area contributed by atoms with Crippen molar-refractivity contribution in [2.24, 2.45) is 5.73 Å². The number of aliphatic hydroxyl groups excluding tert-OH is 1. The number of imidazole rings is 1. The lowest BCUT2D eigenvalue weighted by molar-refractivity contribution is 0.166. The summed E-state index contributed by atoms with van der Waals surface area (Å²) in [6.45, 7) is 0.486. The largest absolute Gasteiger partial charge is 0.387 e. The van der Waals surface area contributed by atoms with E-state index in [4.69, 9.17) is 5.73 Å². The Morgan fingerprint density at radius 3 is 3.10 bits per heavy atom. The molecule has 0 aliphatic heterocycles. The van der Waals surface area contributed by atoms with Crippen LogP contribution in [0, 0.1) is 0 Å². The Balaban J connectivity index is 2.50. The Bertz CT molecular complexity index is 173. The SMILES string of the molecule is NCCC(O)c1cnc[nH]1. The summed E-state index contributed by atoms with van der Waals surface area (Å²) in [5, 5.41) is 9.26. The third kappa shape index (κ3) is 1.55. The molecule has 10 heavy (non-hydrogen) atoms. The lowest BCUT2D eigenvalue weighted by Gasteiger charge is -2.04. The van der Waals surface area contributed by atoms with E-state index >= 15 is 0 Å². The molecule has 4 N–H and O–H groups in total. The topological polar surface area (TPSA) is 74.9 Å². The first-order valence-electron chi connectivity index (χ1n) is 3.21. The molecule has 1 aromatic heterocycles. The van der Waals surface area contributed by atoms with Crippen LogP contribution >= 0.6 is 0 Å². The van der Waals surface area contributed by atoms with Crippen LogP contribution in [-0.2, 0) is 0 Å². The Morgan fingerprint density at radius 2 is 2.60 bits per heavy atom. The molecule has 0 radical (unpaired) electrons. The average Bonchev–Trinajstić information content (AvgIpc) is 2.38. The molecular formula is C6H11N3O. The smallest absolute Gasteiger partial charge is 0.0965 e. The maximum atomic E-state index is 9.26. The Morgan fingerprint density at radius 1 is 1.80 bits per heavy atom. The van der Waals surface area contributed by atoms with Crippen LogP contribution in [0.15, 0.2) is 12.5 Å². The van der Waals surface area contributed by atoms with Gasteiger partial charge in [-0.15, -0.1) is 0 Å². The van der Waals surface area contributed by atoms with Crippen molar-refractivity contribution in [2.75, 3.05) is 6.54 Å². The predicted molar refractivity (Wildman–Crippen MR) is 37.2 cm³/mol. The van der Waals surface area contributed by atoms with E-state index in [0.29, 0.717) is 13.0 Å². The van der Waals surface area contributed by atoms with E-state index in [1.807, 2.05) is 0 Å². The van der Waals surface area contributed by atoms with Crippen molar-refractivity contribution in [1.29, 1.82) is 0 Å². The summed E-state index contributed by atoms with van der Waals surface area (Å²) in [5.41, 5.74) is 5.97. The molecule has 1 aromatic rings. The van der Waals surface area contributed by atoms with Crippen molar-refractivity contribution in [3.05, 3.63) is 18.2 Å². The fraction of sp³-hybridized carbons (Fsp3) is 0.500. The van der Waals surface area contributed by atoms with Gasteiger partial charge < -0.3 is 15.8 Å². The number of nitrogens with one attached hydrogen (secondary N) is 1. The van der Waals surface area contributed by atoms with Crippen LogP contribution in [0.25, 0.3) is 0 Å². The van der Waals surface area contributed by atoms with Crippen molar-refractivity contribution in [1.82, 2.24) is 9.97 Å². The number of hydrogen-bond donors (Lipinski definition) is 3. The van der Waals surface area contributed by atoms with Crippen LogP contribution in [-0.4, -0.2) is 21.6 Å². The number of H-pyrrole nitrogens is 1. The second-order valence-electron chi connectivity index (χ2n) is 2.10. The van der Waals surface area contributed by atoms with Crippen molar-refractivity contribution in [2.45, 2.75) is 12.5 Å². The molecule has 0 fully saturated rings. The molecule has 0 amide bonds. The fourth-order valence-electron chi connectivity index (χ4n) is 0.762. The van der Waals surface area contributed by atoms with Gasteiger partial charge in [0, 0.05) is 0 Å². The van der Waals surface area contributed by atoms with Crippen LogP contribution < -0.4 is 5.73 Å². The number of aliphatic hydroxyl groups is 1. The minimum absolute atomic E-state index is 0.486. The molecule has 0 saturated carbocycles. The molecule has 4 nitrogen and oxygen atoms in total. The van der Waals surface area contributed by atoms with Crippen molar-refractivity contribution in [3.63, 3.8) is 0 Å². The normalized spacial score (nSPS) is 13.4. The third-order valence-corrected chi connectivity index (χ3v) is 1.32. The summed E-state index contributed by atoms with van der Waals surface area (Å²) in [6.07, 6.45) is 3.21. The van der Waals surface area contributed by atoms with Gasteiger partial charge in [-0.1, -0.05) is 0 Å². The summed E-state index contributed by atoms with van der Waals surface area (Å²) in [4.78, 5) is 6.57.